The molecule has 0 unspecified atom stereocenters. The smallest absolute Gasteiger partial charge is 0.342 e. The lowest BCUT2D eigenvalue weighted by molar-refractivity contribution is -0.136. The molecule has 1 aromatic carbocycles. The zero-order valence-electron chi connectivity index (χ0n) is 15.1. The molecule has 0 radical (unpaired) electrons. The molecule has 0 aliphatic heterocycles. The Kier molecular flexibility index (Phi) is 5.25. The lowest BCUT2D eigenvalue weighted by Gasteiger charge is -2.11. The van der Waals surface area contributed by atoms with Crippen molar-refractivity contribution in [1.82, 2.24) is 19.9 Å². The first-order valence-corrected chi connectivity index (χ1v) is 8.30. The van der Waals surface area contributed by atoms with Gasteiger partial charge in [0.25, 0.3) is 0 Å². The summed E-state index contributed by atoms with van der Waals surface area (Å²) in [6, 6.07) is 4.21. The maximum Gasteiger partial charge on any atom is 0.418 e. The number of benzene rings is 1. The number of halogens is 3. The van der Waals surface area contributed by atoms with Crippen LogP contribution < -0.4 is 5.32 Å². The van der Waals surface area contributed by atoms with Crippen LogP contribution in [0.1, 0.15) is 24.0 Å². The highest BCUT2D eigenvalue weighted by atomic mass is 19.4. The van der Waals surface area contributed by atoms with Crippen molar-refractivity contribution in [3.05, 3.63) is 59.7 Å². The first-order chi connectivity index (χ1) is 13.3. The second kappa shape index (κ2) is 7.63. The average molecular weight is 386 g/mol. The monoisotopic (exact) mass is 386 g/mol. The number of nitrogens with zero attached hydrogens (tertiary/aromatic N) is 3. The van der Waals surface area contributed by atoms with Crippen LogP contribution in [0.2, 0.25) is 0 Å². The van der Waals surface area contributed by atoms with Crippen molar-refractivity contribution in [2.24, 2.45) is 0 Å². The standard InChI is InChI=1S/C19H17F3N6/c1-11(5-3-4-7-23)15-6-8-24-18(28-15)27-13-9-14(19(20,21)22)17-16(10-13)25-12(2)26-17/h3-10,23H,1-2H3,(H,25,26)(H,24,27,28)/b4-3-,11-5+,23-7?. The van der Waals surface area contributed by atoms with E-state index in [1.165, 1.54) is 12.3 Å². The quantitative estimate of drug-likeness (QED) is 0.424. The Morgan fingerprint density at radius 2 is 2.00 bits per heavy atom. The number of nitrogens with one attached hydrogen (secondary N) is 3. The molecule has 6 nitrogen and oxygen atoms in total. The fourth-order valence-corrected chi connectivity index (χ4v) is 2.64. The van der Waals surface area contributed by atoms with Gasteiger partial charge in [0.2, 0.25) is 5.95 Å². The van der Waals surface area contributed by atoms with Gasteiger partial charge in [-0.25, -0.2) is 15.0 Å². The summed E-state index contributed by atoms with van der Waals surface area (Å²) in [5, 5.41) is 9.79. The normalized spacial score (nSPS) is 12.7. The number of hydrogen-bond donors (Lipinski definition) is 3. The average Bonchev–Trinajstić information content (AvgIpc) is 3.00. The maximum atomic E-state index is 13.4. The molecular weight excluding hydrogens is 369 g/mol. The molecule has 28 heavy (non-hydrogen) atoms. The van der Waals surface area contributed by atoms with Crippen LogP contribution in [-0.4, -0.2) is 26.2 Å². The van der Waals surface area contributed by atoms with Crippen LogP contribution in [-0.2, 0) is 6.18 Å². The van der Waals surface area contributed by atoms with Gasteiger partial charge in [-0.2, -0.15) is 13.2 Å². The predicted molar refractivity (Wildman–Crippen MR) is 103 cm³/mol. The molecule has 0 bridgehead atoms. The van der Waals surface area contributed by atoms with Gasteiger partial charge in [-0.15, -0.1) is 0 Å². The van der Waals surface area contributed by atoms with E-state index in [4.69, 9.17) is 5.41 Å². The van der Waals surface area contributed by atoms with Crippen LogP contribution in [0.5, 0.6) is 0 Å². The van der Waals surface area contributed by atoms with Gasteiger partial charge in [0, 0.05) is 18.1 Å². The summed E-state index contributed by atoms with van der Waals surface area (Å²) in [6.07, 6.45) is 3.17. The third kappa shape index (κ3) is 4.25. The number of anilines is 2. The van der Waals surface area contributed by atoms with Crippen molar-refractivity contribution in [3.63, 3.8) is 0 Å². The molecule has 3 N–H and O–H groups in total. The first-order valence-electron chi connectivity index (χ1n) is 8.30. The van der Waals surface area contributed by atoms with E-state index in [1.807, 2.05) is 6.92 Å². The number of aryl methyl sites for hydroxylation is 1. The van der Waals surface area contributed by atoms with Crippen molar-refractivity contribution < 1.29 is 13.2 Å². The van der Waals surface area contributed by atoms with E-state index >= 15 is 0 Å². The summed E-state index contributed by atoms with van der Waals surface area (Å²) < 4.78 is 40.3. The largest absolute Gasteiger partial charge is 0.418 e. The van der Waals surface area contributed by atoms with Gasteiger partial charge in [0.05, 0.1) is 22.3 Å². The number of imidazole rings is 1. The summed E-state index contributed by atoms with van der Waals surface area (Å²) in [5.41, 5.74) is 0.963. The number of H-pyrrole nitrogens is 1. The van der Waals surface area contributed by atoms with Gasteiger partial charge < -0.3 is 15.7 Å². The number of aromatic nitrogens is 4. The number of alkyl halides is 3. The predicted octanol–water partition coefficient (Wildman–Crippen LogP) is 5.03. The molecule has 0 aliphatic rings. The summed E-state index contributed by atoms with van der Waals surface area (Å²) in [7, 11) is 0. The molecular formula is C19H17F3N6. The minimum atomic E-state index is -4.53. The Balaban J connectivity index is 1.97. The lowest BCUT2D eigenvalue weighted by Crippen LogP contribution is -2.07. The molecule has 2 heterocycles. The summed E-state index contributed by atoms with van der Waals surface area (Å²) in [5.74, 6) is 0.565. The van der Waals surface area contributed by atoms with E-state index in [9.17, 15) is 13.2 Å². The fraction of sp³-hybridized carbons (Fsp3) is 0.158. The minimum Gasteiger partial charge on any atom is -0.342 e. The second-order valence-corrected chi connectivity index (χ2v) is 6.03. The molecule has 3 rings (SSSR count). The van der Waals surface area contributed by atoms with Crippen molar-refractivity contribution in [2.45, 2.75) is 20.0 Å². The molecule has 0 aliphatic carbocycles. The zero-order valence-corrected chi connectivity index (χ0v) is 15.1. The third-order valence-electron chi connectivity index (χ3n) is 3.89. The topological polar surface area (TPSA) is 90.3 Å². The van der Waals surface area contributed by atoms with Crippen molar-refractivity contribution in [3.8, 4) is 0 Å². The molecule has 3 aromatic rings. The van der Waals surface area contributed by atoms with E-state index in [1.54, 1.807) is 31.2 Å². The van der Waals surface area contributed by atoms with Crippen LogP contribution in [0.15, 0.2) is 42.6 Å². The molecule has 0 atom stereocenters. The molecule has 0 amide bonds. The number of hydrogen-bond acceptors (Lipinski definition) is 5. The van der Waals surface area contributed by atoms with E-state index in [0.29, 0.717) is 11.5 Å². The summed E-state index contributed by atoms with van der Waals surface area (Å²) in [6.45, 7) is 3.43. The van der Waals surface area contributed by atoms with Crippen molar-refractivity contribution >= 4 is 34.5 Å². The molecule has 2 aromatic heterocycles. The Labute approximate surface area is 158 Å². The van der Waals surface area contributed by atoms with Gasteiger partial charge >= 0.3 is 6.18 Å². The van der Waals surface area contributed by atoms with Crippen molar-refractivity contribution in [1.29, 1.82) is 5.41 Å². The van der Waals surface area contributed by atoms with Crippen LogP contribution in [0.3, 0.4) is 0 Å². The first kappa shape index (κ1) is 19.3. The fourth-order valence-electron chi connectivity index (χ4n) is 2.64. The number of rotatable bonds is 5. The van der Waals surface area contributed by atoms with Crippen LogP contribution in [0, 0.1) is 12.3 Å². The van der Waals surface area contributed by atoms with E-state index in [-0.39, 0.29) is 22.7 Å². The Hall–Kier alpha value is -3.49. The number of fused-ring (bicyclic) bond motifs is 1. The Bertz CT molecular complexity index is 1080. The summed E-state index contributed by atoms with van der Waals surface area (Å²) >= 11 is 0. The lowest BCUT2D eigenvalue weighted by atomic mass is 10.1. The van der Waals surface area contributed by atoms with Crippen LogP contribution in [0.4, 0.5) is 24.8 Å². The van der Waals surface area contributed by atoms with Gasteiger partial charge in [0.15, 0.2) is 0 Å². The summed E-state index contributed by atoms with van der Waals surface area (Å²) in [4.78, 5) is 15.2. The number of allylic oxidation sites excluding steroid dienone is 4. The van der Waals surface area contributed by atoms with Crippen LogP contribution in [0.25, 0.3) is 16.6 Å². The maximum absolute atomic E-state index is 13.4. The highest BCUT2D eigenvalue weighted by molar-refractivity contribution is 5.84. The molecule has 9 heteroatoms. The number of aromatic amines is 1. The molecule has 0 saturated carbocycles. The van der Waals surface area contributed by atoms with E-state index in [0.717, 1.165) is 17.9 Å². The van der Waals surface area contributed by atoms with Gasteiger partial charge in [-0.05, 0) is 43.7 Å². The zero-order chi connectivity index (χ0) is 20.3. The molecule has 144 valence electrons. The Morgan fingerprint density at radius 1 is 1.21 bits per heavy atom. The minimum absolute atomic E-state index is 0.0537. The van der Waals surface area contributed by atoms with E-state index in [2.05, 4.69) is 25.3 Å². The van der Waals surface area contributed by atoms with E-state index < -0.39 is 11.7 Å². The highest BCUT2D eigenvalue weighted by Gasteiger charge is 2.34. The molecule has 0 saturated heterocycles. The van der Waals surface area contributed by atoms with Crippen LogP contribution >= 0.6 is 0 Å². The third-order valence-corrected chi connectivity index (χ3v) is 3.89. The molecule has 0 fully saturated rings. The molecule has 0 spiro atoms. The second-order valence-electron chi connectivity index (χ2n) is 6.03. The van der Waals surface area contributed by atoms with Gasteiger partial charge in [0.1, 0.15) is 5.82 Å². The SMILES string of the molecule is C/C(=C\C=C/C=N)c1ccnc(Nc2cc(C(F)(F)F)c3[nH]c(C)nc3c2)n1. The van der Waals surface area contributed by atoms with Crippen molar-refractivity contribution in [2.75, 3.05) is 5.32 Å². The van der Waals surface area contributed by atoms with Gasteiger partial charge in [-0.3, -0.25) is 0 Å². The Morgan fingerprint density at radius 3 is 2.71 bits per heavy atom. The highest BCUT2D eigenvalue weighted by Crippen LogP contribution is 2.36. The van der Waals surface area contributed by atoms with Gasteiger partial charge in [-0.1, -0.05) is 12.2 Å².